The zero-order valence-electron chi connectivity index (χ0n) is 18.2. The minimum Gasteiger partial charge on any atom is -0.443 e. The van der Waals surface area contributed by atoms with Crippen LogP contribution in [0.15, 0.2) is 0 Å². The SMILES string of the molecule is CC(C)C1(OC(=O)N2CC3CCCC4CCCC(C2)C43)CC2CCCCC2C1. The molecule has 1 amide bonds. The Balaban J connectivity index is 1.29. The lowest BCUT2D eigenvalue weighted by Gasteiger charge is -2.52. The first-order chi connectivity index (χ1) is 13.6. The summed E-state index contributed by atoms with van der Waals surface area (Å²) in [5.74, 6) is 5.36. The highest BCUT2D eigenvalue weighted by atomic mass is 16.6. The van der Waals surface area contributed by atoms with E-state index in [9.17, 15) is 4.79 Å². The van der Waals surface area contributed by atoms with Gasteiger partial charge < -0.3 is 9.64 Å². The normalized spacial score (nSPS) is 45.5. The average Bonchev–Trinajstić information content (AvgIpc) is 3.08. The van der Waals surface area contributed by atoms with Crippen molar-refractivity contribution in [2.24, 2.45) is 41.4 Å². The molecule has 0 radical (unpaired) electrons. The molecule has 1 heterocycles. The topological polar surface area (TPSA) is 29.5 Å². The second-order valence-corrected chi connectivity index (χ2v) is 11.4. The third-order valence-corrected chi connectivity index (χ3v) is 9.73. The van der Waals surface area contributed by atoms with Crippen LogP contribution >= 0.6 is 0 Å². The number of ether oxygens (including phenoxy) is 1. The van der Waals surface area contributed by atoms with E-state index in [1.807, 2.05) is 0 Å². The molecule has 0 N–H and O–H groups in total. The summed E-state index contributed by atoms with van der Waals surface area (Å²) in [7, 11) is 0. The highest BCUT2D eigenvalue weighted by Crippen LogP contribution is 2.53. The molecule has 4 saturated carbocycles. The highest BCUT2D eigenvalue weighted by molar-refractivity contribution is 5.68. The van der Waals surface area contributed by atoms with Crippen molar-refractivity contribution in [1.82, 2.24) is 4.90 Å². The molecule has 0 spiro atoms. The molecule has 4 unspecified atom stereocenters. The van der Waals surface area contributed by atoms with Crippen LogP contribution < -0.4 is 0 Å². The van der Waals surface area contributed by atoms with Gasteiger partial charge in [0.15, 0.2) is 0 Å². The number of carbonyl (C=O) groups excluding carboxylic acids is 1. The van der Waals surface area contributed by atoms with Gasteiger partial charge in [-0.15, -0.1) is 0 Å². The van der Waals surface area contributed by atoms with Crippen molar-refractivity contribution in [3.05, 3.63) is 0 Å². The lowest BCUT2D eigenvalue weighted by atomic mass is 9.59. The van der Waals surface area contributed by atoms with Crippen LogP contribution in [0.4, 0.5) is 4.79 Å². The van der Waals surface area contributed by atoms with Gasteiger partial charge in [-0.05, 0) is 67.1 Å². The average molecular weight is 388 g/mol. The van der Waals surface area contributed by atoms with Crippen molar-refractivity contribution in [3.63, 3.8) is 0 Å². The van der Waals surface area contributed by atoms with Crippen LogP contribution in [-0.2, 0) is 4.74 Å². The van der Waals surface area contributed by atoms with Gasteiger partial charge >= 0.3 is 6.09 Å². The Labute approximate surface area is 172 Å². The van der Waals surface area contributed by atoms with Crippen LogP contribution in [0, 0.1) is 41.4 Å². The first-order valence-electron chi connectivity index (χ1n) is 12.5. The van der Waals surface area contributed by atoms with Crippen molar-refractivity contribution in [2.45, 2.75) is 96.5 Å². The van der Waals surface area contributed by atoms with Gasteiger partial charge in [-0.1, -0.05) is 65.2 Å². The molecule has 1 saturated heterocycles. The largest absolute Gasteiger partial charge is 0.443 e. The summed E-state index contributed by atoms with van der Waals surface area (Å²) in [6.07, 6.45) is 16.0. The highest BCUT2D eigenvalue weighted by Gasteiger charge is 2.52. The molecule has 4 aliphatic carbocycles. The van der Waals surface area contributed by atoms with Gasteiger partial charge in [-0.2, -0.15) is 0 Å². The number of rotatable bonds is 2. The molecule has 0 bridgehead atoms. The van der Waals surface area contributed by atoms with Gasteiger partial charge in [-0.25, -0.2) is 4.79 Å². The van der Waals surface area contributed by atoms with Crippen molar-refractivity contribution >= 4 is 6.09 Å². The molecule has 3 nitrogen and oxygen atoms in total. The number of amides is 1. The molecule has 5 rings (SSSR count). The zero-order chi connectivity index (χ0) is 19.3. The molecule has 0 aromatic rings. The van der Waals surface area contributed by atoms with E-state index in [0.717, 1.165) is 61.4 Å². The van der Waals surface area contributed by atoms with Crippen molar-refractivity contribution in [1.29, 1.82) is 0 Å². The molecule has 3 heteroatoms. The van der Waals surface area contributed by atoms with E-state index in [2.05, 4.69) is 18.7 Å². The third-order valence-electron chi connectivity index (χ3n) is 9.73. The van der Waals surface area contributed by atoms with Gasteiger partial charge in [0.1, 0.15) is 5.60 Å². The van der Waals surface area contributed by atoms with E-state index in [4.69, 9.17) is 4.74 Å². The summed E-state index contributed by atoms with van der Waals surface area (Å²) in [5, 5.41) is 0. The number of hydrogen-bond acceptors (Lipinski definition) is 2. The molecule has 5 aliphatic rings. The van der Waals surface area contributed by atoms with Crippen molar-refractivity contribution in [3.8, 4) is 0 Å². The van der Waals surface area contributed by atoms with E-state index in [0.29, 0.717) is 5.92 Å². The molecular formula is C25H41NO2. The minimum atomic E-state index is -0.199. The lowest BCUT2D eigenvalue weighted by molar-refractivity contribution is -0.0678. The molecule has 0 aromatic heterocycles. The number of nitrogens with zero attached hydrogens (tertiary/aromatic N) is 1. The Bertz CT molecular complexity index is 553. The van der Waals surface area contributed by atoms with Crippen LogP contribution in [0.5, 0.6) is 0 Å². The molecule has 28 heavy (non-hydrogen) atoms. The van der Waals surface area contributed by atoms with Gasteiger partial charge in [-0.3, -0.25) is 0 Å². The van der Waals surface area contributed by atoms with Crippen LogP contribution in [0.25, 0.3) is 0 Å². The smallest absolute Gasteiger partial charge is 0.410 e. The van der Waals surface area contributed by atoms with Crippen LogP contribution in [-0.4, -0.2) is 29.7 Å². The summed E-state index contributed by atoms with van der Waals surface area (Å²) < 4.78 is 6.50. The Morgan fingerprint density at radius 3 is 1.82 bits per heavy atom. The molecule has 1 aliphatic heterocycles. The Morgan fingerprint density at radius 1 is 0.786 bits per heavy atom. The summed E-state index contributed by atoms with van der Waals surface area (Å²) >= 11 is 0. The maximum Gasteiger partial charge on any atom is 0.410 e. The standard InChI is InChI=1S/C25H41NO2/c1-17(2)25(13-19-7-3-4-8-20(19)14-25)28-24(27)26-15-21-11-5-9-18-10-6-12-22(16-26)23(18)21/h17-23H,3-16H2,1-2H3. The first kappa shape index (κ1) is 19.2. The molecule has 5 fully saturated rings. The number of piperidine rings is 1. The van der Waals surface area contributed by atoms with Gasteiger partial charge in [0.2, 0.25) is 0 Å². The van der Waals surface area contributed by atoms with Gasteiger partial charge in [0.05, 0.1) is 0 Å². The predicted molar refractivity (Wildman–Crippen MR) is 112 cm³/mol. The lowest BCUT2D eigenvalue weighted by Crippen LogP contribution is -2.55. The first-order valence-corrected chi connectivity index (χ1v) is 12.5. The Morgan fingerprint density at radius 2 is 1.29 bits per heavy atom. The van der Waals surface area contributed by atoms with Gasteiger partial charge in [0.25, 0.3) is 0 Å². The van der Waals surface area contributed by atoms with E-state index in [1.54, 1.807) is 0 Å². The Kier molecular flexibility index (Phi) is 5.16. The van der Waals surface area contributed by atoms with Gasteiger partial charge in [0, 0.05) is 13.1 Å². The second-order valence-electron chi connectivity index (χ2n) is 11.4. The summed E-state index contributed by atoms with van der Waals surface area (Å²) in [5.41, 5.74) is -0.199. The molecular weight excluding hydrogens is 346 g/mol. The van der Waals surface area contributed by atoms with E-state index in [1.165, 1.54) is 64.2 Å². The fourth-order valence-corrected chi connectivity index (χ4v) is 8.27. The molecule has 0 aromatic carbocycles. The number of carbonyl (C=O) groups is 1. The molecule has 158 valence electrons. The third kappa shape index (κ3) is 3.29. The Hall–Kier alpha value is -0.730. The fourth-order valence-electron chi connectivity index (χ4n) is 8.27. The monoisotopic (exact) mass is 387 g/mol. The summed E-state index contributed by atoms with van der Waals surface area (Å²) in [6, 6.07) is 0. The van der Waals surface area contributed by atoms with E-state index < -0.39 is 0 Å². The number of hydrogen-bond donors (Lipinski definition) is 0. The summed E-state index contributed by atoms with van der Waals surface area (Å²) in [6.45, 7) is 6.50. The van der Waals surface area contributed by atoms with E-state index >= 15 is 0 Å². The molecule has 4 atom stereocenters. The minimum absolute atomic E-state index is 0.0264. The quantitative estimate of drug-likeness (QED) is 0.559. The van der Waals surface area contributed by atoms with Crippen LogP contribution in [0.1, 0.15) is 90.9 Å². The maximum atomic E-state index is 13.4. The van der Waals surface area contributed by atoms with Crippen molar-refractivity contribution in [2.75, 3.05) is 13.1 Å². The van der Waals surface area contributed by atoms with Crippen molar-refractivity contribution < 1.29 is 9.53 Å². The predicted octanol–water partition coefficient (Wildman–Crippen LogP) is 6.27. The maximum absolute atomic E-state index is 13.4. The second kappa shape index (κ2) is 7.51. The van der Waals surface area contributed by atoms with Crippen LogP contribution in [0.3, 0.4) is 0 Å². The fraction of sp³-hybridized carbons (Fsp3) is 0.960. The zero-order valence-corrected chi connectivity index (χ0v) is 18.2. The number of likely N-dealkylation sites (tertiary alicyclic amines) is 1. The number of fused-ring (bicyclic) bond motifs is 1. The summed E-state index contributed by atoms with van der Waals surface area (Å²) in [4.78, 5) is 15.6. The van der Waals surface area contributed by atoms with Crippen LogP contribution in [0.2, 0.25) is 0 Å². The van der Waals surface area contributed by atoms with E-state index in [-0.39, 0.29) is 11.7 Å².